The van der Waals surface area contributed by atoms with E-state index in [0.717, 1.165) is 28.1 Å². The first kappa shape index (κ1) is 28.6. The number of nitrogens with zero attached hydrogens (tertiary/aromatic N) is 1. The van der Waals surface area contributed by atoms with Gasteiger partial charge in [-0.3, -0.25) is 14.4 Å². The van der Waals surface area contributed by atoms with Gasteiger partial charge in [-0.15, -0.1) is 11.3 Å². The summed E-state index contributed by atoms with van der Waals surface area (Å²) in [7, 11) is 0. The fourth-order valence-electron chi connectivity index (χ4n) is 2.96. The van der Waals surface area contributed by atoms with Gasteiger partial charge < -0.3 is 10.4 Å². The molecule has 1 saturated heterocycles. The molecular formula is C21H15F6N3O4S3. The van der Waals surface area contributed by atoms with Crippen LogP contribution in [0.2, 0.25) is 0 Å². The summed E-state index contributed by atoms with van der Waals surface area (Å²) in [5.41, 5.74) is -0.557. The Hall–Kier alpha value is -2.95. The third kappa shape index (κ3) is 7.53. The molecular weight excluding hydrogens is 568 g/mol. The minimum atomic E-state index is -4.98. The molecule has 0 aliphatic carbocycles. The highest BCUT2D eigenvalue weighted by atomic mass is 32.2. The number of carboxylic acids is 1. The molecule has 16 heteroatoms. The van der Waals surface area contributed by atoms with Crippen LogP contribution in [-0.4, -0.2) is 45.3 Å². The van der Waals surface area contributed by atoms with E-state index in [1.807, 2.05) is 0 Å². The van der Waals surface area contributed by atoms with Crippen LogP contribution in [0.5, 0.6) is 0 Å². The number of nitrogens with one attached hydrogen (secondary N) is 2. The van der Waals surface area contributed by atoms with Crippen molar-refractivity contribution in [3.8, 4) is 11.1 Å². The standard InChI is InChI=1S/C21H15F6N3O4S3/c22-20(23,24)12-3-10(4-13(6-12)21(25,26)27)11-5-14(36-9-11)7-15-18(34)30(19(35)37-15)29-8-16(31)28-2-1-17(32)33/h3-7,9,29H,1-2,8H2,(H,28,31)(H,32,33). The maximum Gasteiger partial charge on any atom is 0.416 e. The Kier molecular flexibility index (Phi) is 8.66. The molecule has 0 unspecified atom stereocenters. The highest BCUT2D eigenvalue weighted by Gasteiger charge is 2.37. The van der Waals surface area contributed by atoms with Crippen LogP contribution in [0.25, 0.3) is 17.2 Å². The van der Waals surface area contributed by atoms with Crippen molar-refractivity contribution in [1.29, 1.82) is 0 Å². The summed E-state index contributed by atoms with van der Waals surface area (Å²) in [4.78, 5) is 35.4. The van der Waals surface area contributed by atoms with Crippen LogP contribution in [0.3, 0.4) is 0 Å². The molecule has 1 aliphatic heterocycles. The minimum absolute atomic E-state index is 0.0432. The molecule has 0 radical (unpaired) electrons. The summed E-state index contributed by atoms with van der Waals surface area (Å²) in [5.74, 6) is -2.30. The lowest BCUT2D eigenvalue weighted by Gasteiger charge is -2.15. The quantitative estimate of drug-likeness (QED) is 0.235. The lowest BCUT2D eigenvalue weighted by molar-refractivity contribution is -0.143. The van der Waals surface area contributed by atoms with Gasteiger partial charge in [0.15, 0.2) is 4.32 Å². The second-order valence-electron chi connectivity index (χ2n) is 7.38. The molecule has 3 N–H and O–H groups in total. The summed E-state index contributed by atoms with van der Waals surface area (Å²) >= 11 is 6.98. The maximum atomic E-state index is 13.2. The smallest absolute Gasteiger partial charge is 0.416 e. The van der Waals surface area contributed by atoms with E-state index in [1.54, 1.807) is 0 Å². The third-order valence-electron chi connectivity index (χ3n) is 4.67. The molecule has 1 fully saturated rings. The Bertz CT molecular complexity index is 1240. The lowest BCUT2D eigenvalue weighted by atomic mass is 10.0. The highest BCUT2D eigenvalue weighted by molar-refractivity contribution is 8.26. The number of alkyl halides is 6. The molecule has 2 amide bonds. The fourth-order valence-corrected chi connectivity index (χ4v) is 5.09. The van der Waals surface area contributed by atoms with Crippen molar-refractivity contribution in [2.45, 2.75) is 18.8 Å². The summed E-state index contributed by atoms with van der Waals surface area (Å²) in [6, 6.07) is 2.62. The molecule has 198 valence electrons. The number of hydrogen-bond acceptors (Lipinski definition) is 7. The van der Waals surface area contributed by atoms with Gasteiger partial charge >= 0.3 is 18.3 Å². The number of aliphatic carboxylic acids is 1. The van der Waals surface area contributed by atoms with Crippen LogP contribution in [0.4, 0.5) is 26.3 Å². The van der Waals surface area contributed by atoms with Crippen molar-refractivity contribution in [2.75, 3.05) is 13.1 Å². The van der Waals surface area contributed by atoms with E-state index in [4.69, 9.17) is 17.3 Å². The van der Waals surface area contributed by atoms with Crippen molar-refractivity contribution >= 4 is 63.5 Å². The minimum Gasteiger partial charge on any atom is -0.481 e. The van der Waals surface area contributed by atoms with E-state index in [9.17, 15) is 40.7 Å². The van der Waals surface area contributed by atoms with Gasteiger partial charge in [-0.25, -0.2) is 10.4 Å². The zero-order chi connectivity index (χ0) is 27.5. The monoisotopic (exact) mass is 583 g/mol. The van der Waals surface area contributed by atoms with E-state index in [0.29, 0.717) is 17.0 Å². The number of thiocarbonyl (C=S) groups is 1. The van der Waals surface area contributed by atoms with Gasteiger partial charge in [0.25, 0.3) is 5.91 Å². The molecule has 2 heterocycles. The average molecular weight is 584 g/mol. The second-order valence-corrected chi connectivity index (χ2v) is 10.00. The topological polar surface area (TPSA) is 98.7 Å². The molecule has 1 aromatic carbocycles. The number of hydrazine groups is 1. The maximum absolute atomic E-state index is 13.2. The van der Waals surface area contributed by atoms with E-state index < -0.39 is 41.3 Å². The van der Waals surface area contributed by atoms with E-state index in [-0.39, 0.29) is 45.9 Å². The van der Waals surface area contributed by atoms with Crippen LogP contribution >= 0.6 is 35.3 Å². The Balaban J connectivity index is 1.75. The second kappa shape index (κ2) is 11.2. The number of carbonyl (C=O) groups is 3. The van der Waals surface area contributed by atoms with Crippen molar-refractivity contribution in [3.63, 3.8) is 0 Å². The largest absolute Gasteiger partial charge is 0.481 e. The number of amides is 2. The summed E-state index contributed by atoms with van der Waals surface area (Å²) in [6.45, 7) is -0.481. The molecule has 1 aromatic heterocycles. The molecule has 0 saturated carbocycles. The molecule has 3 rings (SSSR count). The number of carboxylic acid groups (broad SMARTS) is 1. The van der Waals surface area contributed by atoms with E-state index >= 15 is 0 Å². The summed E-state index contributed by atoms with van der Waals surface area (Å²) < 4.78 is 79.0. The summed E-state index contributed by atoms with van der Waals surface area (Å²) in [6.07, 6.45) is -8.87. The van der Waals surface area contributed by atoms with E-state index in [2.05, 4.69) is 10.7 Å². The number of thiophene rings is 1. The average Bonchev–Trinajstić information content (AvgIpc) is 3.35. The van der Waals surface area contributed by atoms with Crippen LogP contribution in [0.15, 0.2) is 34.6 Å². The zero-order valence-corrected chi connectivity index (χ0v) is 20.6. The third-order valence-corrected chi connectivity index (χ3v) is 6.85. The number of rotatable bonds is 8. The van der Waals surface area contributed by atoms with Crippen LogP contribution < -0.4 is 10.7 Å². The van der Waals surface area contributed by atoms with E-state index in [1.165, 1.54) is 17.5 Å². The van der Waals surface area contributed by atoms with Crippen LogP contribution in [0.1, 0.15) is 22.4 Å². The number of hydrogen-bond donors (Lipinski definition) is 3. The van der Waals surface area contributed by atoms with Gasteiger partial charge in [0, 0.05) is 11.4 Å². The number of benzene rings is 1. The van der Waals surface area contributed by atoms with Crippen LogP contribution in [-0.2, 0) is 26.7 Å². The number of halogens is 6. The van der Waals surface area contributed by atoms with Crippen molar-refractivity contribution in [1.82, 2.24) is 15.8 Å². The highest BCUT2D eigenvalue weighted by Crippen LogP contribution is 2.40. The normalized spacial score (nSPS) is 15.5. The van der Waals surface area contributed by atoms with Crippen molar-refractivity contribution in [2.24, 2.45) is 0 Å². The molecule has 2 aromatic rings. The number of carbonyl (C=O) groups excluding carboxylic acids is 2. The first-order valence-corrected chi connectivity index (χ1v) is 12.1. The zero-order valence-electron chi connectivity index (χ0n) is 18.2. The van der Waals surface area contributed by atoms with Crippen molar-refractivity contribution < 1.29 is 45.8 Å². The van der Waals surface area contributed by atoms with Gasteiger partial charge in [0.2, 0.25) is 5.91 Å². The van der Waals surface area contributed by atoms with Crippen LogP contribution in [0, 0.1) is 0 Å². The molecule has 1 aliphatic rings. The predicted molar refractivity (Wildman–Crippen MR) is 128 cm³/mol. The molecule has 0 spiro atoms. The van der Waals surface area contributed by atoms with Crippen molar-refractivity contribution in [3.05, 3.63) is 50.6 Å². The van der Waals surface area contributed by atoms with Gasteiger partial charge in [-0.1, -0.05) is 24.0 Å². The fraction of sp³-hybridized carbons (Fsp3) is 0.238. The van der Waals surface area contributed by atoms with Gasteiger partial charge in [0.1, 0.15) is 0 Å². The van der Waals surface area contributed by atoms with Gasteiger partial charge in [0.05, 0.1) is 29.0 Å². The molecule has 7 nitrogen and oxygen atoms in total. The SMILES string of the molecule is O=C(O)CCNC(=O)CNN1C(=O)C(=Cc2cc(-c3cc(C(F)(F)F)cc(C(F)(F)F)c3)cs2)SC1=S. The first-order chi connectivity index (χ1) is 17.1. The first-order valence-electron chi connectivity index (χ1n) is 10.0. The Morgan fingerprint density at radius 2 is 1.65 bits per heavy atom. The van der Waals surface area contributed by atoms with Gasteiger partial charge in [-0.2, -0.15) is 26.3 Å². The molecule has 0 bridgehead atoms. The Morgan fingerprint density at radius 1 is 1.03 bits per heavy atom. The number of thioether (sulfide) groups is 1. The summed E-state index contributed by atoms with van der Waals surface area (Å²) in [5, 5.41) is 13.2. The Labute approximate surface area is 218 Å². The molecule has 0 atom stereocenters. The predicted octanol–water partition coefficient (Wildman–Crippen LogP) is 4.75. The lowest BCUT2D eigenvalue weighted by Crippen LogP contribution is -2.46. The van der Waals surface area contributed by atoms with Gasteiger partial charge in [-0.05, 0) is 46.8 Å². The Morgan fingerprint density at radius 3 is 2.22 bits per heavy atom. The molecule has 37 heavy (non-hydrogen) atoms.